The largest absolute Gasteiger partial charge is 0.324 e. The number of likely N-dealkylation sites (tertiary alicyclic amines) is 1. The van der Waals surface area contributed by atoms with Gasteiger partial charge < -0.3 is 10.2 Å². The number of aromatic nitrogens is 2. The van der Waals surface area contributed by atoms with Gasteiger partial charge in [-0.3, -0.25) is 0 Å². The van der Waals surface area contributed by atoms with Crippen LogP contribution in [0.25, 0.3) is 0 Å². The molecule has 2 aromatic rings. The Balaban J connectivity index is 1.57. The third kappa shape index (κ3) is 4.50. The third-order valence-corrected chi connectivity index (χ3v) is 5.38. The molecular formula is C16H21N5O2S. The zero-order valence-electron chi connectivity index (χ0n) is 13.4. The van der Waals surface area contributed by atoms with Gasteiger partial charge in [0.2, 0.25) is 16.0 Å². The average molecular weight is 347 g/mol. The molecule has 0 bridgehead atoms. The minimum atomic E-state index is -3.48. The van der Waals surface area contributed by atoms with Crippen LogP contribution in [0.1, 0.15) is 12.8 Å². The monoisotopic (exact) mass is 347 g/mol. The molecule has 7 nitrogen and oxygen atoms in total. The predicted octanol–water partition coefficient (Wildman–Crippen LogP) is 1.59. The molecule has 24 heavy (non-hydrogen) atoms. The van der Waals surface area contributed by atoms with Crippen molar-refractivity contribution >= 4 is 21.7 Å². The van der Waals surface area contributed by atoms with Crippen LogP contribution in [0, 0.1) is 0 Å². The molecule has 1 saturated heterocycles. The molecule has 0 radical (unpaired) electrons. The first-order valence-corrected chi connectivity index (χ1v) is 9.48. The molecule has 0 amide bonds. The van der Waals surface area contributed by atoms with Crippen molar-refractivity contribution in [1.29, 1.82) is 0 Å². The van der Waals surface area contributed by atoms with Crippen molar-refractivity contribution in [2.24, 2.45) is 0 Å². The summed E-state index contributed by atoms with van der Waals surface area (Å²) in [5.74, 6) is 0.469. The fourth-order valence-corrected chi connectivity index (χ4v) is 3.66. The smallest absolute Gasteiger partial charge is 0.240 e. The molecule has 128 valence electrons. The van der Waals surface area contributed by atoms with Crippen molar-refractivity contribution < 1.29 is 8.42 Å². The fourth-order valence-electron chi connectivity index (χ4n) is 2.64. The molecule has 0 spiro atoms. The molecule has 2 heterocycles. The van der Waals surface area contributed by atoms with Crippen molar-refractivity contribution in [2.75, 3.05) is 31.5 Å². The van der Waals surface area contributed by atoms with E-state index in [2.05, 4.69) is 24.9 Å². The summed E-state index contributed by atoms with van der Waals surface area (Å²) < 4.78 is 27.3. The van der Waals surface area contributed by atoms with Gasteiger partial charge in [0.15, 0.2) is 0 Å². The fraction of sp³-hybridized carbons (Fsp3) is 0.375. The van der Waals surface area contributed by atoms with Crippen LogP contribution < -0.4 is 10.0 Å². The van der Waals surface area contributed by atoms with Crippen LogP contribution in [0.15, 0.2) is 47.6 Å². The van der Waals surface area contributed by atoms with Crippen LogP contribution in [0.3, 0.4) is 0 Å². The SMILES string of the molecule is O=S(=O)(NCCN1CCCC1)c1ccc(Nc2ncccn2)cc1. The van der Waals surface area contributed by atoms with Gasteiger partial charge in [-0.05, 0) is 56.3 Å². The first kappa shape index (κ1) is 16.8. The third-order valence-electron chi connectivity index (χ3n) is 3.91. The lowest BCUT2D eigenvalue weighted by Crippen LogP contribution is -2.33. The summed E-state index contributed by atoms with van der Waals surface area (Å²) in [6.45, 7) is 3.30. The van der Waals surface area contributed by atoms with E-state index in [-0.39, 0.29) is 4.90 Å². The number of rotatable bonds is 7. The maximum atomic E-state index is 12.3. The maximum absolute atomic E-state index is 12.3. The molecular weight excluding hydrogens is 326 g/mol. The van der Waals surface area contributed by atoms with E-state index in [0.29, 0.717) is 12.5 Å². The Morgan fingerprint density at radius 1 is 1.04 bits per heavy atom. The van der Waals surface area contributed by atoms with Gasteiger partial charge in [0.1, 0.15) is 0 Å². The first-order valence-electron chi connectivity index (χ1n) is 8.00. The molecule has 1 aliphatic heterocycles. The lowest BCUT2D eigenvalue weighted by Gasteiger charge is -2.15. The zero-order chi connectivity index (χ0) is 16.8. The standard InChI is InChI=1S/C16H21N5O2S/c22-24(23,19-10-13-21-11-1-2-12-21)15-6-4-14(5-7-15)20-16-17-8-3-9-18-16/h3-9,19H,1-2,10-13H2,(H,17,18,20). The molecule has 1 aliphatic rings. The Labute approximate surface area is 142 Å². The van der Waals surface area contributed by atoms with E-state index in [4.69, 9.17) is 0 Å². The summed E-state index contributed by atoms with van der Waals surface area (Å²) in [7, 11) is -3.48. The number of hydrogen-bond acceptors (Lipinski definition) is 6. The molecule has 3 rings (SSSR count). The maximum Gasteiger partial charge on any atom is 0.240 e. The number of sulfonamides is 1. The van der Waals surface area contributed by atoms with Crippen LogP contribution in [-0.4, -0.2) is 49.5 Å². The molecule has 1 aromatic heterocycles. The van der Waals surface area contributed by atoms with Crippen molar-refractivity contribution in [2.45, 2.75) is 17.7 Å². The summed E-state index contributed by atoms with van der Waals surface area (Å²) in [4.78, 5) is 10.7. The number of benzene rings is 1. The van der Waals surface area contributed by atoms with E-state index in [1.54, 1.807) is 42.7 Å². The van der Waals surface area contributed by atoms with E-state index in [9.17, 15) is 8.42 Å². The lowest BCUT2D eigenvalue weighted by molar-refractivity contribution is 0.344. The van der Waals surface area contributed by atoms with Gasteiger partial charge in [0.25, 0.3) is 0 Å². The number of nitrogens with one attached hydrogen (secondary N) is 2. The number of hydrogen-bond donors (Lipinski definition) is 2. The molecule has 0 saturated carbocycles. The highest BCUT2D eigenvalue weighted by Crippen LogP contribution is 2.16. The summed E-state index contributed by atoms with van der Waals surface area (Å²) >= 11 is 0. The van der Waals surface area contributed by atoms with Crippen LogP contribution in [0.5, 0.6) is 0 Å². The van der Waals surface area contributed by atoms with Gasteiger partial charge in [0.05, 0.1) is 4.90 Å². The van der Waals surface area contributed by atoms with Crippen LogP contribution in [0.4, 0.5) is 11.6 Å². The summed E-state index contributed by atoms with van der Waals surface area (Å²) in [5, 5.41) is 3.02. The lowest BCUT2D eigenvalue weighted by atomic mass is 10.3. The first-order chi connectivity index (χ1) is 11.6. The van der Waals surface area contributed by atoms with E-state index in [1.165, 1.54) is 12.8 Å². The van der Waals surface area contributed by atoms with E-state index >= 15 is 0 Å². The second-order valence-electron chi connectivity index (χ2n) is 5.67. The molecule has 2 N–H and O–H groups in total. The summed E-state index contributed by atoms with van der Waals surface area (Å²) in [6, 6.07) is 8.28. The minimum Gasteiger partial charge on any atom is -0.324 e. The zero-order valence-corrected chi connectivity index (χ0v) is 14.2. The Bertz CT molecular complexity index is 744. The second kappa shape index (κ2) is 7.69. The van der Waals surface area contributed by atoms with Crippen molar-refractivity contribution in [3.05, 3.63) is 42.7 Å². The highest BCUT2D eigenvalue weighted by atomic mass is 32.2. The highest BCUT2D eigenvalue weighted by molar-refractivity contribution is 7.89. The van der Waals surface area contributed by atoms with Crippen LogP contribution in [0.2, 0.25) is 0 Å². The van der Waals surface area contributed by atoms with E-state index < -0.39 is 10.0 Å². The van der Waals surface area contributed by atoms with Crippen LogP contribution in [-0.2, 0) is 10.0 Å². The topological polar surface area (TPSA) is 87.2 Å². The average Bonchev–Trinajstić information content (AvgIpc) is 3.10. The van der Waals surface area contributed by atoms with Gasteiger partial charge in [0, 0.05) is 31.2 Å². The number of anilines is 2. The highest BCUT2D eigenvalue weighted by Gasteiger charge is 2.15. The molecule has 0 aliphatic carbocycles. The van der Waals surface area contributed by atoms with E-state index in [0.717, 1.165) is 25.3 Å². The van der Waals surface area contributed by atoms with Gasteiger partial charge in [-0.15, -0.1) is 0 Å². The Kier molecular flexibility index (Phi) is 5.39. The predicted molar refractivity (Wildman–Crippen MR) is 92.6 cm³/mol. The van der Waals surface area contributed by atoms with Crippen molar-refractivity contribution in [3.63, 3.8) is 0 Å². The molecule has 8 heteroatoms. The van der Waals surface area contributed by atoms with Crippen LogP contribution >= 0.6 is 0 Å². The van der Waals surface area contributed by atoms with Gasteiger partial charge in [-0.25, -0.2) is 23.1 Å². The normalized spacial score (nSPS) is 15.5. The molecule has 0 unspecified atom stereocenters. The molecule has 1 aromatic carbocycles. The minimum absolute atomic E-state index is 0.253. The van der Waals surface area contributed by atoms with Gasteiger partial charge >= 0.3 is 0 Å². The second-order valence-corrected chi connectivity index (χ2v) is 7.44. The van der Waals surface area contributed by atoms with Gasteiger partial charge in [-0.2, -0.15) is 0 Å². The number of nitrogens with zero attached hydrogens (tertiary/aromatic N) is 3. The van der Waals surface area contributed by atoms with Gasteiger partial charge in [-0.1, -0.05) is 0 Å². The molecule has 0 atom stereocenters. The Hall–Kier alpha value is -2.03. The summed E-state index contributed by atoms with van der Waals surface area (Å²) in [5.41, 5.74) is 0.734. The summed E-state index contributed by atoms with van der Waals surface area (Å²) in [6.07, 6.45) is 5.68. The quantitative estimate of drug-likeness (QED) is 0.791. The Morgan fingerprint density at radius 3 is 2.38 bits per heavy atom. The van der Waals surface area contributed by atoms with E-state index in [1.807, 2.05) is 0 Å². The van der Waals surface area contributed by atoms with Crippen molar-refractivity contribution in [3.8, 4) is 0 Å². The molecule has 1 fully saturated rings. The Morgan fingerprint density at radius 2 is 1.71 bits per heavy atom. The van der Waals surface area contributed by atoms with Crippen molar-refractivity contribution in [1.82, 2.24) is 19.6 Å².